The van der Waals surface area contributed by atoms with Gasteiger partial charge >= 0.3 is 0 Å². The van der Waals surface area contributed by atoms with E-state index in [9.17, 15) is 4.79 Å². The van der Waals surface area contributed by atoms with Crippen LogP contribution in [-0.2, 0) is 6.54 Å². The second kappa shape index (κ2) is 7.17. The molecule has 5 nitrogen and oxygen atoms in total. The van der Waals surface area contributed by atoms with Gasteiger partial charge < -0.3 is 11.1 Å². The van der Waals surface area contributed by atoms with Gasteiger partial charge in [-0.3, -0.25) is 9.78 Å². The van der Waals surface area contributed by atoms with E-state index in [2.05, 4.69) is 15.3 Å². The lowest BCUT2D eigenvalue weighted by molar-refractivity contribution is 0.0956. The van der Waals surface area contributed by atoms with Crippen molar-refractivity contribution in [1.82, 2.24) is 15.3 Å². The third-order valence-corrected chi connectivity index (χ3v) is 5.46. The first-order chi connectivity index (χ1) is 13.1. The molecule has 0 aliphatic heterocycles. The Bertz CT molecular complexity index is 1100. The number of hydrogen-bond donors (Lipinski definition) is 2. The van der Waals surface area contributed by atoms with E-state index in [-0.39, 0.29) is 5.91 Å². The molecule has 6 heteroatoms. The lowest BCUT2D eigenvalue weighted by atomic mass is 10.1. The number of aromatic nitrogens is 2. The van der Waals surface area contributed by atoms with Gasteiger partial charge in [0.05, 0.1) is 11.4 Å². The fourth-order valence-electron chi connectivity index (χ4n) is 2.82. The summed E-state index contributed by atoms with van der Waals surface area (Å²) in [7, 11) is 0. The number of nitrogens with zero attached hydrogens (tertiary/aromatic N) is 2. The largest absolute Gasteiger partial charge is 0.397 e. The van der Waals surface area contributed by atoms with E-state index < -0.39 is 0 Å². The number of carbonyl (C=O) groups is 1. The minimum atomic E-state index is -0.179. The molecule has 1 amide bonds. The molecule has 0 saturated carbocycles. The Kier molecular flexibility index (Phi) is 4.56. The van der Waals surface area contributed by atoms with E-state index in [1.165, 1.54) is 16.9 Å². The molecule has 0 aliphatic rings. The first-order valence-corrected chi connectivity index (χ1v) is 9.36. The number of hydrogen-bond acceptors (Lipinski definition) is 5. The molecule has 3 aromatic heterocycles. The van der Waals surface area contributed by atoms with Gasteiger partial charge in [0, 0.05) is 29.9 Å². The number of nitrogens with one attached hydrogen (secondary N) is 1. The maximum absolute atomic E-state index is 12.6. The van der Waals surface area contributed by atoms with Crippen molar-refractivity contribution in [2.24, 2.45) is 0 Å². The second-order valence-corrected chi connectivity index (χ2v) is 7.30. The summed E-state index contributed by atoms with van der Waals surface area (Å²) in [5.41, 5.74) is 10.7. The van der Waals surface area contributed by atoms with Crippen LogP contribution in [-0.4, -0.2) is 15.9 Å². The fourth-order valence-corrected chi connectivity index (χ4v) is 3.83. The second-order valence-electron chi connectivity index (χ2n) is 6.30. The third-order valence-electron chi connectivity index (χ3n) is 4.35. The average Bonchev–Trinajstić information content (AvgIpc) is 3.04. The minimum Gasteiger partial charge on any atom is -0.397 e. The van der Waals surface area contributed by atoms with Crippen molar-refractivity contribution < 1.29 is 4.79 Å². The van der Waals surface area contributed by atoms with Crippen molar-refractivity contribution >= 4 is 33.1 Å². The molecule has 134 valence electrons. The third kappa shape index (κ3) is 3.52. The number of fused-ring (bicyclic) bond motifs is 1. The molecule has 3 heterocycles. The number of thiophene rings is 1. The number of nitrogens with two attached hydrogens (primary N) is 1. The molecule has 0 bridgehead atoms. The van der Waals surface area contributed by atoms with E-state index in [4.69, 9.17) is 5.73 Å². The Morgan fingerprint density at radius 3 is 2.56 bits per heavy atom. The highest BCUT2D eigenvalue weighted by Crippen LogP contribution is 2.34. The van der Waals surface area contributed by atoms with Crippen molar-refractivity contribution in [3.8, 4) is 11.3 Å². The molecule has 0 aliphatic carbocycles. The fraction of sp³-hybridized carbons (Fsp3) is 0.0952. The van der Waals surface area contributed by atoms with Gasteiger partial charge in [-0.1, -0.05) is 29.8 Å². The van der Waals surface area contributed by atoms with Crippen molar-refractivity contribution in [2.75, 3.05) is 5.73 Å². The summed E-state index contributed by atoms with van der Waals surface area (Å²) in [5, 5.41) is 3.74. The molecular weight excluding hydrogens is 356 g/mol. The van der Waals surface area contributed by atoms with Gasteiger partial charge in [0.25, 0.3) is 5.91 Å². The van der Waals surface area contributed by atoms with E-state index in [1.54, 1.807) is 12.4 Å². The summed E-state index contributed by atoms with van der Waals surface area (Å²) in [6, 6.07) is 15.7. The van der Waals surface area contributed by atoms with Gasteiger partial charge in [0.1, 0.15) is 9.71 Å². The van der Waals surface area contributed by atoms with Crippen LogP contribution in [0.5, 0.6) is 0 Å². The number of carbonyl (C=O) groups excluding carboxylic acids is 1. The van der Waals surface area contributed by atoms with Gasteiger partial charge in [-0.05, 0) is 36.8 Å². The number of pyridine rings is 2. The van der Waals surface area contributed by atoms with Crippen LogP contribution in [0.15, 0.2) is 60.9 Å². The van der Waals surface area contributed by atoms with Crippen LogP contribution >= 0.6 is 11.3 Å². The zero-order valence-electron chi connectivity index (χ0n) is 14.8. The molecule has 0 atom stereocenters. The molecule has 4 aromatic rings. The Morgan fingerprint density at radius 1 is 1.07 bits per heavy atom. The number of anilines is 1. The summed E-state index contributed by atoms with van der Waals surface area (Å²) in [6.45, 7) is 2.50. The Balaban J connectivity index is 1.59. The number of nitrogen functional groups attached to an aromatic ring is 1. The Morgan fingerprint density at radius 2 is 1.81 bits per heavy atom. The molecule has 0 saturated heterocycles. The highest BCUT2D eigenvalue weighted by atomic mass is 32.1. The molecule has 1 aromatic carbocycles. The average molecular weight is 374 g/mol. The van der Waals surface area contributed by atoms with Gasteiger partial charge in [0.2, 0.25) is 0 Å². The van der Waals surface area contributed by atoms with E-state index in [0.717, 1.165) is 27.0 Å². The zero-order valence-corrected chi connectivity index (χ0v) is 15.6. The SMILES string of the molecule is Cc1ccc(CNC(=O)c2sc3nc(-c4ccncc4)ccc3c2N)cc1. The van der Waals surface area contributed by atoms with Gasteiger partial charge in [-0.15, -0.1) is 11.3 Å². The van der Waals surface area contributed by atoms with Crippen LogP contribution in [0, 0.1) is 6.92 Å². The highest BCUT2D eigenvalue weighted by Gasteiger charge is 2.17. The van der Waals surface area contributed by atoms with Gasteiger partial charge in [-0.2, -0.15) is 0 Å². The molecule has 0 fully saturated rings. The monoisotopic (exact) mass is 374 g/mol. The standard InChI is InChI=1S/C21H18N4OS/c1-13-2-4-14(5-3-13)12-24-20(26)19-18(22)16-6-7-17(25-21(16)27-19)15-8-10-23-11-9-15/h2-11H,12,22H2,1H3,(H,24,26). The van der Waals surface area contributed by atoms with Gasteiger partial charge in [0.15, 0.2) is 0 Å². The molecule has 0 radical (unpaired) electrons. The highest BCUT2D eigenvalue weighted by molar-refractivity contribution is 7.21. The maximum Gasteiger partial charge on any atom is 0.263 e. The van der Waals surface area contributed by atoms with E-state index in [1.807, 2.05) is 55.5 Å². The maximum atomic E-state index is 12.6. The molecule has 27 heavy (non-hydrogen) atoms. The lowest BCUT2D eigenvalue weighted by Crippen LogP contribution is -2.22. The molecular formula is C21H18N4OS. The van der Waals surface area contributed by atoms with Gasteiger partial charge in [-0.25, -0.2) is 4.98 Å². The lowest BCUT2D eigenvalue weighted by Gasteiger charge is -2.05. The van der Waals surface area contributed by atoms with E-state index >= 15 is 0 Å². The van der Waals surface area contributed by atoms with Crippen LogP contribution in [0.25, 0.3) is 21.5 Å². The first kappa shape index (κ1) is 17.2. The molecule has 0 unspecified atom stereocenters. The van der Waals surface area contributed by atoms with Crippen LogP contribution in [0.4, 0.5) is 5.69 Å². The topological polar surface area (TPSA) is 80.9 Å². The summed E-state index contributed by atoms with van der Waals surface area (Å²) in [4.78, 5) is 22.6. The number of aryl methyl sites for hydroxylation is 1. The number of amides is 1. The van der Waals surface area contributed by atoms with Crippen molar-refractivity contribution in [2.45, 2.75) is 13.5 Å². The van der Waals surface area contributed by atoms with Crippen LogP contribution in [0.3, 0.4) is 0 Å². The van der Waals surface area contributed by atoms with Crippen LogP contribution in [0.1, 0.15) is 20.8 Å². The molecule has 0 spiro atoms. The van der Waals surface area contributed by atoms with Crippen molar-refractivity contribution in [3.05, 3.63) is 76.9 Å². The predicted octanol–water partition coefficient (Wildman–Crippen LogP) is 4.18. The number of rotatable bonds is 4. The van der Waals surface area contributed by atoms with Crippen molar-refractivity contribution in [1.29, 1.82) is 0 Å². The summed E-state index contributed by atoms with van der Waals surface area (Å²) in [5.74, 6) is -0.179. The minimum absolute atomic E-state index is 0.179. The summed E-state index contributed by atoms with van der Waals surface area (Å²) in [6.07, 6.45) is 3.46. The zero-order chi connectivity index (χ0) is 18.8. The van der Waals surface area contributed by atoms with Crippen molar-refractivity contribution in [3.63, 3.8) is 0 Å². The Labute approximate surface area is 160 Å². The van der Waals surface area contributed by atoms with Crippen LogP contribution < -0.4 is 11.1 Å². The van der Waals surface area contributed by atoms with E-state index in [0.29, 0.717) is 17.1 Å². The molecule has 3 N–H and O–H groups in total. The van der Waals surface area contributed by atoms with Crippen LogP contribution in [0.2, 0.25) is 0 Å². The molecule has 4 rings (SSSR count). The summed E-state index contributed by atoms with van der Waals surface area (Å²) >= 11 is 1.31. The number of benzene rings is 1. The summed E-state index contributed by atoms with van der Waals surface area (Å²) < 4.78 is 0. The smallest absolute Gasteiger partial charge is 0.263 e. The quantitative estimate of drug-likeness (QED) is 0.561. The first-order valence-electron chi connectivity index (χ1n) is 8.55. The Hall–Kier alpha value is -3.25. The normalized spacial score (nSPS) is 10.9. The predicted molar refractivity (Wildman–Crippen MR) is 110 cm³/mol.